The van der Waals surface area contributed by atoms with Crippen LogP contribution in [0.25, 0.3) is 0 Å². The molecular formula is C16H25FN4O2. The van der Waals surface area contributed by atoms with Crippen LogP contribution in [-0.4, -0.2) is 64.3 Å². The van der Waals surface area contributed by atoms with E-state index in [4.69, 9.17) is 0 Å². The quantitative estimate of drug-likeness (QED) is 0.853. The minimum atomic E-state index is -0.931. The van der Waals surface area contributed by atoms with Crippen LogP contribution in [0.4, 0.5) is 10.2 Å². The largest absolute Gasteiger partial charge is 0.392 e. The van der Waals surface area contributed by atoms with Gasteiger partial charge in [-0.15, -0.1) is 0 Å². The van der Waals surface area contributed by atoms with Gasteiger partial charge in [0, 0.05) is 26.2 Å². The highest BCUT2D eigenvalue weighted by Gasteiger charge is 2.34. The van der Waals surface area contributed by atoms with Gasteiger partial charge in [0.15, 0.2) is 0 Å². The van der Waals surface area contributed by atoms with E-state index in [0.717, 1.165) is 0 Å². The zero-order chi connectivity index (χ0) is 17.0. The minimum absolute atomic E-state index is 0.0339. The summed E-state index contributed by atoms with van der Waals surface area (Å²) >= 11 is 0. The van der Waals surface area contributed by atoms with Crippen LogP contribution in [0.3, 0.4) is 0 Å². The number of carbonyl (C=O) groups is 1. The highest BCUT2D eigenvalue weighted by Crippen LogP contribution is 2.26. The molecule has 23 heavy (non-hydrogen) atoms. The Morgan fingerprint density at radius 1 is 1.57 bits per heavy atom. The SMILES string of the molecule is CC(C)[C@H](O)CC(=O)N(C)C[C@@H]1C[C@H](F)CN1c1ccncn1. The Bertz CT molecular complexity index is 514. The summed E-state index contributed by atoms with van der Waals surface area (Å²) in [5, 5.41) is 9.84. The van der Waals surface area contributed by atoms with Crippen molar-refractivity contribution in [3.63, 3.8) is 0 Å². The van der Waals surface area contributed by atoms with Gasteiger partial charge in [-0.25, -0.2) is 14.4 Å². The Balaban J connectivity index is 1.98. The van der Waals surface area contributed by atoms with Gasteiger partial charge >= 0.3 is 0 Å². The van der Waals surface area contributed by atoms with Crippen LogP contribution >= 0.6 is 0 Å². The van der Waals surface area contributed by atoms with E-state index in [-0.39, 0.29) is 30.8 Å². The van der Waals surface area contributed by atoms with Gasteiger partial charge < -0.3 is 14.9 Å². The number of likely N-dealkylation sites (N-methyl/N-ethyl adjacent to an activating group) is 1. The van der Waals surface area contributed by atoms with Gasteiger partial charge in [0.25, 0.3) is 0 Å². The Kier molecular flexibility index (Phi) is 5.87. The van der Waals surface area contributed by atoms with Crippen molar-refractivity contribution in [2.24, 2.45) is 5.92 Å². The molecule has 0 radical (unpaired) electrons. The molecule has 1 amide bonds. The van der Waals surface area contributed by atoms with Crippen molar-refractivity contribution in [1.29, 1.82) is 0 Å². The minimum Gasteiger partial charge on any atom is -0.392 e. The molecule has 1 aliphatic heterocycles. The predicted molar refractivity (Wildman–Crippen MR) is 85.8 cm³/mol. The molecule has 1 N–H and O–H groups in total. The number of halogens is 1. The second-order valence-corrected chi connectivity index (χ2v) is 6.50. The first kappa shape index (κ1) is 17.6. The summed E-state index contributed by atoms with van der Waals surface area (Å²) in [6.07, 6.45) is 1.94. The summed E-state index contributed by atoms with van der Waals surface area (Å²) in [5.74, 6) is 0.580. The Morgan fingerprint density at radius 2 is 2.30 bits per heavy atom. The fourth-order valence-corrected chi connectivity index (χ4v) is 2.76. The standard InChI is InChI=1S/C16H25FN4O2/c1-11(2)14(22)7-16(23)20(3)9-13-6-12(17)8-21(13)15-4-5-18-10-19-15/h4-5,10-14,22H,6-9H2,1-3H3/t12-,13-,14+/m0/s1. The third kappa shape index (κ3) is 4.60. The predicted octanol–water partition coefficient (Wildman–Crippen LogP) is 1.26. The highest BCUT2D eigenvalue weighted by molar-refractivity contribution is 5.76. The van der Waals surface area contributed by atoms with Crippen molar-refractivity contribution < 1.29 is 14.3 Å². The molecule has 1 aromatic heterocycles. The molecule has 1 fully saturated rings. The second-order valence-electron chi connectivity index (χ2n) is 6.50. The number of aromatic nitrogens is 2. The average Bonchev–Trinajstić information content (AvgIpc) is 2.88. The first-order valence-corrected chi connectivity index (χ1v) is 7.97. The van der Waals surface area contributed by atoms with Gasteiger partial charge in [0.1, 0.15) is 18.3 Å². The second kappa shape index (κ2) is 7.68. The molecule has 0 spiro atoms. The Labute approximate surface area is 136 Å². The fourth-order valence-electron chi connectivity index (χ4n) is 2.76. The van der Waals surface area contributed by atoms with E-state index in [0.29, 0.717) is 18.8 Å². The smallest absolute Gasteiger partial charge is 0.224 e. The average molecular weight is 324 g/mol. The van der Waals surface area contributed by atoms with E-state index in [1.807, 2.05) is 18.7 Å². The summed E-state index contributed by atoms with van der Waals surface area (Å²) in [4.78, 5) is 23.7. The zero-order valence-electron chi connectivity index (χ0n) is 13.9. The topological polar surface area (TPSA) is 69.6 Å². The lowest BCUT2D eigenvalue weighted by Gasteiger charge is -2.29. The summed E-state index contributed by atoms with van der Waals surface area (Å²) in [7, 11) is 1.69. The lowest BCUT2D eigenvalue weighted by atomic mass is 10.0. The van der Waals surface area contributed by atoms with Crippen LogP contribution in [0.15, 0.2) is 18.6 Å². The third-order valence-electron chi connectivity index (χ3n) is 4.29. The maximum atomic E-state index is 13.8. The van der Waals surface area contributed by atoms with E-state index in [9.17, 15) is 14.3 Å². The van der Waals surface area contributed by atoms with E-state index < -0.39 is 12.3 Å². The van der Waals surface area contributed by atoms with Gasteiger partial charge in [-0.3, -0.25) is 4.79 Å². The van der Waals surface area contributed by atoms with E-state index >= 15 is 0 Å². The van der Waals surface area contributed by atoms with E-state index in [1.54, 1.807) is 24.2 Å². The van der Waals surface area contributed by atoms with E-state index in [2.05, 4.69) is 9.97 Å². The Hall–Kier alpha value is -1.76. The zero-order valence-corrected chi connectivity index (χ0v) is 13.9. The molecule has 0 saturated carbocycles. The molecule has 2 heterocycles. The van der Waals surface area contributed by atoms with Crippen LogP contribution < -0.4 is 4.90 Å². The number of rotatable bonds is 6. The molecule has 6 nitrogen and oxygen atoms in total. The number of aliphatic hydroxyl groups excluding tert-OH is 1. The van der Waals surface area contributed by atoms with Crippen LogP contribution in [0.5, 0.6) is 0 Å². The van der Waals surface area contributed by atoms with Gasteiger partial charge in [-0.1, -0.05) is 13.8 Å². The molecule has 2 rings (SSSR count). The van der Waals surface area contributed by atoms with Crippen molar-refractivity contribution >= 4 is 11.7 Å². The van der Waals surface area contributed by atoms with Crippen LogP contribution in [0, 0.1) is 5.92 Å². The molecule has 7 heteroatoms. The number of anilines is 1. The maximum absolute atomic E-state index is 13.8. The van der Waals surface area contributed by atoms with Gasteiger partial charge in [0.05, 0.1) is 25.1 Å². The van der Waals surface area contributed by atoms with Crippen molar-refractivity contribution in [3.8, 4) is 0 Å². The van der Waals surface area contributed by atoms with E-state index in [1.165, 1.54) is 6.33 Å². The molecule has 1 aromatic rings. The van der Waals surface area contributed by atoms with Crippen LogP contribution in [0.1, 0.15) is 26.7 Å². The molecule has 0 bridgehead atoms. The molecule has 1 aliphatic rings. The molecule has 0 aromatic carbocycles. The number of aliphatic hydroxyl groups is 1. The Morgan fingerprint density at radius 3 is 2.91 bits per heavy atom. The number of hydrogen-bond donors (Lipinski definition) is 1. The fraction of sp³-hybridized carbons (Fsp3) is 0.688. The summed E-state index contributed by atoms with van der Waals surface area (Å²) < 4.78 is 13.8. The molecule has 128 valence electrons. The molecule has 0 unspecified atom stereocenters. The summed E-state index contributed by atoms with van der Waals surface area (Å²) in [5.41, 5.74) is 0. The highest BCUT2D eigenvalue weighted by atomic mass is 19.1. The molecule has 0 aliphatic carbocycles. The summed E-state index contributed by atoms with van der Waals surface area (Å²) in [6.45, 7) is 4.44. The monoisotopic (exact) mass is 324 g/mol. The van der Waals surface area contributed by atoms with Crippen LogP contribution in [-0.2, 0) is 4.79 Å². The number of carbonyl (C=O) groups excluding carboxylic acids is 1. The number of amides is 1. The normalized spacial score (nSPS) is 22.4. The molecule has 1 saturated heterocycles. The molecular weight excluding hydrogens is 299 g/mol. The maximum Gasteiger partial charge on any atom is 0.224 e. The first-order chi connectivity index (χ1) is 10.9. The number of hydrogen-bond acceptors (Lipinski definition) is 5. The van der Waals surface area contributed by atoms with Crippen molar-refractivity contribution in [3.05, 3.63) is 18.6 Å². The third-order valence-corrected chi connectivity index (χ3v) is 4.29. The van der Waals surface area contributed by atoms with Gasteiger partial charge in [-0.05, 0) is 12.0 Å². The van der Waals surface area contributed by atoms with Crippen molar-refractivity contribution in [2.75, 3.05) is 25.0 Å². The van der Waals surface area contributed by atoms with Gasteiger partial charge in [0.2, 0.25) is 5.91 Å². The lowest BCUT2D eigenvalue weighted by Crippen LogP contribution is -2.42. The van der Waals surface area contributed by atoms with Gasteiger partial charge in [-0.2, -0.15) is 0 Å². The number of alkyl halides is 1. The lowest BCUT2D eigenvalue weighted by molar-refractivity contribution is -0.132. The van der Waals surface area contributed by atoms with Crippen molar-refractivity contribution in [2.45, 2.75) is 45.0 Å². The summed E-state index contributed by atoms with van der Waals surface area (Å²) in [6, 6.07) is 1.63. The number of nitrogens with zero attached hydrogens (tertiary/aromatic N) is 4. The van der Waals surface area contributed by atoms with Crippen molar-refractivity contribution in [1.82, 2.24) is 14.9 Å². The first-order valence-electron chi connectivity index (χ1n) is 7.97. The molecule has 3 atom stereocenters. The van der Waals surface area contributed by atoms with Crippen LogP contribution in [0.2, 0.25) is 0 Å².